The molecule has 6 nitrogen and oxygen atoms in total. The average molecular weight is 465 g/mol. The molecular formula is C26H36N6S. The second-order valence-corrected chi connectivity index (χ2v) is 10.0. The van der Waals surface area contributed by atoms with Crippen LogP contribution >= 0.6 is 12.2 Å². The molecule has 1 aliphatic carbocycles. The van der Waals surface area contributed by atoms with Crippen LogP contribution in [-0.4, -0.2) is 72.8 Å². The number of anilines is 1. The fourth-order valence-corrected chi connectivity index (χ4v) is 6.00. The summed E-state index contributed by atoms with van der Waals surface area (Å²) < 4.78 is 0. The van der Waals surface area contributed by atoms with Gasteiger partial charge in [-0.3, -0.25) is 9.88 Å². The molecule has 3 heterocycles. The summed E-state index contributed by atoms with van der Waals surface area (Å²) in [4.78, 5) is 12.1. The smallest absolute Gasteiger partial charge is 0.168 e. The summed E-state index contributed by atoms with van der Waals surface area (Å²) in [6.07, 6.45) is 6.65. The molecule has 1 fully saturated rings. The fraction of sp³-hybridized carbons (Fsp3) is 0.538. The van der Waals surface area contributed by atoms with Gasteiger partial charge in [0, 0.05) is 64.2 Å². The van der Waals surface area contributed by atoms with Crippen molar-refractivity contribution < 1.29 is 0 Å². The van der Waals surface area contributed by atoms with Gasteiger partial charge in [-0.25, -0.2) is 0 Å². The van der Waals surface area contributed by atoms with Crippen molar-refractivity contribution in [3.8, 4) is 0 Å². The molecule has 0 spiro atoms. The minimum absolute atomic E-state index is 0.428. The fourth-order valence-electron chi connectivity index (χ4n) is 5.82. The Morgan fingerprint density at radius 2 is 2.00 bits per heavy atom. The molecule has 0 bridgehead atoms. The van der Waals surface area contributed by atoms with Crippen LogP contribution in [-0.2, 0) is 19.4 Å². The normalized spacial score (nSPS) is 22.6. The van der Waals surface area contributed by atoms with Crippen LogP contribution in [0.4, 0.5) is 5.69 Å². The van der Waals surface area contributed by atoms with Crippen molar-refractivity contribution in [1.82, 2.24) is 25.4 Å². The quantitative estimate of drug-likeness (QED) is 0.675. The zero-order valence-electron chi connectivity index (χ0n) is 19.9. The van der Waals surface area contributed by atoms with Crippen LogP contribution < -0.4 is 15.5 Å². The van der Waals surface area contributed by atoms with E-state index in [9.17, 15) is 0 Å². The molecule has 7 heteroatoms. The Morgan fingerprint density at radius 3 is 2.82 bits per heavy atom. The Kier molecular flexibility index (Phi) is 6.81. The maximum atomic E-state index is 5.44. The summed E-state index contributed by atoms with van der Waals surface area (Å²) in [5, 5.41) is 7.79. The van der Waals surface area contributed by atoms with Gasteiger partial charge in [0.1, 0.15) is 0 Å². The molecule has 0 unspecified atom stereocenters. The zero-order chi connectivity index (χ0) is 22.8. The summed E-state index contributed by atoms with van der Waals surface area (Å²) in [6.45, 7) is 5.97. The zero-order valence-corrected chi connectivity index (χ0v) is 20.7. The molecule has 1 aromatic carbocycles. The molecule has 0 radical (unpaired) electrons. The number of hydrogen-bond acceptors (Lipinski definition) is 5. The van der Waals surface area contributed by atoms with E-state index in [4.69, 9.17) is 17.2 Å². The second-order valence-electron chi connectivity index (χ2n) is 9.62. The van der Waals surface area contributed by atoms with Crippen molar-refractivity contribution in [2.75, 3.05) is 51.7 Å². The highest BCUT2D eigenvalue weighted by Crippen LogP contribution is 2.33. The predicted octanol–water partition coefficient (Wildman–Crippen LogP) is 2.73. The molecule has 1 saturated heterocycles. The lowest BCUT2D eigenvalue weighted by Crippen LogP contribution is -2.51. The molecule has 3 aliphatic rings. The molecule has 2 aromatic rings. The van der Waals surface area contributed by atoms with E-state index >= 15 is 0 Å². The van der Waals surface area contributed by atoms with Crippen LogP contribution in [0.15, 0.2) is 36.5 Å². The van der Waals surface area contributed by atoms with Crippen LogP contribution in [0.3, 0.4) is 0 Å². The van der Waals surface area contributed by atoms with Gasteiger partial charge in [0.2, 0.25) is 0 Å². The molecule has 2 atom stereocenters. The molecular weight excluding hydrogens is 428 g/mol. The molecule has 1 aromatic heterocycles. The second kappa shape index (κ2) is 9.95. The van der Waals surface area contributed by atoms with Crippen molar-refractivity contribution in [3.05, 3.63) is 58.9 Å². The molecule has 176 valence electrons. The van der Waals surface area contributed by atoms with Crippen LogP contribution in [0.25, 0.3) is 0 Å². The van der Waals surface area contributed by atoms with Crippen LogP contribution in [0.5, 0.6) is 0 Å². The SMILES string of the molecule is CNC(=S)N1CCN(c2cccc3c2C[C@H](CN(C)[C@H]2CCCc4cccnc42)NC3)CC1. The highest BCUT2D eigenvalue weighted by Gasteiger charge is 2.29. The lowest BCUT2D eigenvalue weighted by Gasteiger charge is -2.40. The highest BCUT2D eigenvalue weighted by molar-refractivity contribution is 7.80. The number of fused-ring (bicyclic) bond motifs is 2. The average Bonchev–Trinajstić information content (AvgIpc) is 2.87. The lowest BCUT2D eigenvalue weighted by atomic mass is 9.89. The summed E-state index contributed by atoms with van der Waals surface area (Å²) in [5.74, 6) is 0. The molecule has 0 saturated carbocycles. The van der Waals surface area contributed by atoms with E-state index in [-0.39, 0.29) is 0 Å². The van der Waals surface area contributed by atoms with Gasteiger partial charge < -0.3 is 20.4 Å². The minimum Gasteiger partial charge on any atom is -0.368 e. The first kappa shape index (κ1) is 22.6. The number of piperazine rings is 1. The largest absolute Gasteiger partial charge is 0.368 e. The van der Waals surface area contributed by atoms with Gasteiger partial charge in [-0.2, -0.15) is 0 Å². The topological polar surface area (TPSA) is 46.7 Å². The van der Waals surface area contributed by atoms with Crippen molar-refractivity contribution in [2.24, 2.45) is 0 Å². The van der Waals surface area contributed by atoms with E-state index in [1.807, 2.05) is 13.2 Å². The third kappa shape index (κ3) is 4.72. The van der Waals surface area contributed by atoms with Crippen molar-refractivity contribution >= 4 is 23.0 Å². The number of nitrogens with zero attached hydrogens (tertiary/aromatic N) is 4. The Bertz CT molecular complexity index is 986. The summed E-state index contributed by atoms with van der Waals surface area (Å²) in [6, 6.07) is 12.0. The van der Waals surface area contributed by atoms with Gasteiger partial charge in [-0.1, -0.05) is 18.2 Å². The lowest BCUT2D eigenvalue weighted by molar-refractivity contribution is 0.191. The van der Waals surface area contributed by atoms with Gasteiger partial charge in [0.15, 0.2) is 5.11 Å². The number of pyridine rings is 1. The van der Waals surface area contributed by atoms with E-state index in [1.54, 1.807) is 0 Å². The number of benzene rings is 1. The van der Waals surface area contributed by atoms with Crippen molar-refractivity contribution in [1.29, 1.82) is 0 Å². The van der Waals surface area contributed by atoms with E-state index in [0.29, 0.717) is 12.1 Å². The third-order valence-corrected chi connectivity index (χ3v) is 8.07. The van der Waals surface area contributed by atoms with Gasteiger partial charge in [0.25, 0.3) is 0 Å². The van der Waals surface area contributed by atoms with Gasteiger partial charge in [-0.05, 0) is 73.8 Å². The third-order valence-electron chi connectivity index (χ3n) is 7.61. The summed E-state index contributed by atoms with van der Waals surface area (Å²) in [7, 11) is 4.19. The monoisotopic (exact) mass is 464 g/mol. The number of aryl methyl sites for hydroxylation is 1. The van der Waals surface area contributed by atoms with Gasteiger partial charge in [0.05, 0.1) is 11.7 Å². The first-order valence-corrected chi connectivity index (χ1v) is 12.7. The van der Waals surface area contributed by atoms with E-state index in [0.717, 1.165) is 57.2 Å². The highest BCUT2D eigenvalue weighted by atomic mass is 32.1. The first-order chi connectivity index (χ1) is 16.1. The van der Waals surface area contributed by atoms with Crippen LogP contribution in [0, 0.1) is 0 Å². The van der Waals surface area contributed by atoms with Crippen molar-refractivity contribution in [2.45, 2.75) is 44.3 Å². The maximum Gasteiger partial charge on any atom is 0.168 e. The van der Waals surface area contributed by atoms with Gasteiger partial charge >= 0.3 is 0 Å². The predicted molar refractivity (Wildman–Crippen MR) is 139 cm³/mol. The number of aromatic nitrogens is 1. The minimum atomic E-state index is 0.428. The summed E-state index contributed by atoms with van der Waals surface area (Å²) >= 11 is 5.44. The Labute approximate surface area is 203 Å². The number of likely N-dealkylation sites (N-methyl/N-ethyl adjacent to an activating group) is 1. The molecule has 0 amide bonds. The summed E-state index contributed by atoms with van der Waals surface area (Å²) in [5.41, 5.74) is 7.12. The maximum absolute atomic E-state index is 5.44. The Hall–Kier alpha value is -2.22. The van der Waals surface area contributed by atoms with E-state index in [2.05, 4.69) is 62.7 Å². The first-order valence-electron chi connectivity index (χ1n) is 12.3. The number of nitrogens with one attached hydrogen (secondary N) is 2. The number of hydrogen-bond donors (Lipinski definition) is 2. The van der Waals surface area contributed by atoms with Gasteiger partial charge in [-0.15, -0.1) is 0 Å². The van der Waals surface area contributed by atoms with E-state index in [1.165, 1.54) is 40.9 Å². The van der Waals surface area contributed by atoms with Crippen molar-refractivity contribution in [3.63, 3.8) is 0 Å². The molecule has 2 N–H and O–H groups in total. The molecule has 33 heavy (non-hydrogen) atoms. The van der Waals surface area contributed by atoms with Crippen LogP contribution in [0.2, 0.25) is 0 Å². The number of rotatable bonds is 4. The number of thiocarbonyl (C=S) groups is 1. The Morgan fingerprint density at radius 1 is 1.18 bits per heavy atom. The van der Waals surface area contributed by atoms with E-state index < -0.39 is 0 Å². The Balaban J connectivity index is 1.27. The molecule has 2 aliphatic heterocycles. The molecule has 5 rings (SSSR count). The van der Waals surface area contributed by atoms with Crippen LogP contribution in [0.1, 0.15) is 41.3 Å². The standard InChI is InChI=1S/C26H36N6S/c1-27-26(33)32-14-12-31(13-15-32)23-9-4-7-20-17-29-21(16-22(20)23)18-30(2)24-10-3-6-19-8-5-11-28-25(19)24/h4-5,7-9,11,21,24,29H,3,6,10,12-18H2,1-2H3,(H,27,33)/t21-,24+/m1/s1.